The second kappa shape index (κ2) is 8.06. The molecule has 1 atom stereocenters. The van der Waals surface area contributed by atoms with Gasteiger partial charge in [0.05, 0.1) is 5.52 Å². The third-order valence-corrected chi connectivity index (χ3v) is 4.14. The van der Waals surface area contributed by atoms with Crippen molar-refractivity contribution in [2.45, 2.75) is 25.4 Å². The van der Waals surface area contributed by atoms with E-state index in [4.69, 9.17) is 5.73 Å². The van der Waals surface area contributed by atoms with Crippen molar-refractivity contribution >= 4 is 35.7 Å². The summed E-state index contributed by atoms with van der Waals surface area (Å²) in [6.07, 6.45) is 4.27. The second-order valence-electron chi connectivity index (χ2n) is 5.70. The Morgan fingerprint density at radius 2 is 2.09 bits per heavy atom. The molecule has 22 heavy (non-hydrogen) atoms. The van der Waals surface area contributed by atoms with Gasteiger partial charge in [0.25, 0.3) is 0 Å². The Morgan fingerprint density at radius 3 is 2.73 bits per heavy atom. The van der Waals surface area contributed by atoms with Crippen LogP contribution < -0.4 is 5.73 Å². The van der Waals surface area contributed by atoms with Gasteiger partial charge in [0.1, 0.15) is 5.82 Å². The van der Waals surface area contributed by atoms with E-state index in [9.17, 15) is 4.39 Å². The van der Waals surface area contributed by atoms with Crippen LogP contribution in [0.4, 0.5) is 4.39 Å². The van der Waals surface area contributed by atoms with Crippen LogP contribution in [0.2, 0.25) is 0 Å². The Morgan fingerprint density at radius 1 is 1.36 bits per heavy atom. The molecule has 2 aromatic rings. The van der Waals surface area contributed by atoms with E-state index in [2.05, 4.69) is 16.9 Å². The molecule has 1 aliphatic carbocycles. The van der Waals surface area contributed by atoms with Crippen molar-refractivity contribution in [3.63, 3.8) is 0 Å². The summed E-state index contributed by atoms with van der Waals surface area (Å²) in [7, 11) is 2.07. The fourth-order valence-corrected chi connectivity index (χ4v) is 2.95. The standard InChI is InChI=1S/C16H20FN3.2ClH/c1-20(15(9-18)11-4-5-11)10-13-8-14(17)7-12-3-2-6-19-16(12)13;;/h2-3,6-8,11,15H,4-5,9-10,18H2,1H3;2*1H. The van der Waals surface area contributed by atoms with Crippen LogP contribution >= 0.6 is 24.8 Å². The number of benzene rings is 1. The summed E-state index contributed by atoms with van der Waals surface area (Å²) in [5.74, 6) is 0.502. The minimum absolute atomic E-state index is 0. The molecule has 1 heterocycles. The van der Waals surface area contributed by atoms with Gasteiger partial charge in [-0.15, -0.1) is 24.8 Å². The Balaban J connectivity index is 0.00000121. The normalized spacial score (nSPS) is 15.3. The first-order valence-electron chi connectivity index (χ1n) is 7.12. The van der Waals surface area contributed by atoms with E-state index >= 15 is 0 Å². The number of pyridine rings is 1. The van der Waals surface area contributed by atoms with Gasteiger partial charge >= 0.3 is 0 Å². The van der Waals surface area contributed by atoms with Crippen molar-refractivity contribution in [1.29, 1.82) is 0 Å². The fourth-order valence-electron chi connectivity index (χ4n) is 2.95. The SMILES string of the molecule is CN(Cc1cc(F)cc2cccnc12)C(CN)C1CC1.Cl.Cl. The van der Waals surface area contributed by atoms with Crippen LogP contribution in [0.15, 0.2) is 30.5 Å². The van der Waals surface area contributed by atoms with Crippen molar-refractivity contribution in [3.8, 4) is 0 Å². The lowest BCUT2D eigenvalue weighted by Crippen LogP contribution is -2.39. The molecule has 6 heteroatoms. The van der Waals surface area contributed by atoms with Crippen molar-refractivity contribution in [3.05, 3.63) is 41.8 Å². The zero-order chi connectivity index (χ0) is 14.1. The lowest BCUT2D eigenvalue weighted by Gasteiger charge is -2.27. The number of nitrogens with two attached hydrogens (primary N) is 1. The first-order chi connectivity index (χ1) is 9.69. The number of nitrogens with zero attached hydrogens (tertiary/aromatic N) is 2. The molecule has 1 aromatic carbocycles. The Labute approximate surface area is 142 Å². The molecule has 1 aliphatic rings. The number of hydrogen-bond donors (Lipinski definition) is 1. The van der Waals surface area contributed by atoms with Gasteiger partial charge in [0, 0.05) is 30.7 Å². The van der Waals surface area contributed by atoms with Gasteiger partial charge in [-0.3, -0.25) is 9.88 Å². The van der Waals surface area contributed by atoms with E-state index in [-0.39, 0.29) is 30.6 Å². The number of aromatic nitrogens is 1. The lowest BCUT2D eigenvalue weighted by atomic mass is 10.1. The van der Waals surface area contributed by atoms with Crippen molar-refractivity contribution in [1.82, 2.24) is 9.88 Å². The van der Waals surface area contributed by atoms with Crippen LogP contribution in [0.25, 0.3) is 10.9 Å². The average Bonchev–Trinajstić information content (AvgIpc) is 3.24. The van der Waals surface area contributed by atoms with Crippen LogP contribution in [-0.4, -0.2) is 29.5 Å². The Bertz CT molecular complexity index is 619. The van der Waals surface area contributed by atoms with Crippen molar-refractivity contribution in [2.75, 3.05) is 13.6 Å². The summed E-state index contributed by atoms with van der Waals surface area (Å²) < 4.78 is 13.7. The first-order valence-corrected chi connectivity index (χ1v) is 7.12. The van der Waals surface area contributed by atoms with Crippen molar-refractivity contribution < 1.29 is 4.39 Å². The number of hydrogen-bond acceptors (Lipinski definition) is 3. The van der Waals surface area contributed by atoms with Crippen LogP contribution in [0.5, 0.6) is 0 Å². The van der Waals surface area contributed by atoms with Crippen LogP contribution in [0.3, 0.4) is 0 Å². The molecule has 2 N–H and O–H groups in total. The molecule has 3 nitrogen and oxygen atoms in total. The van der Waals surface area contributed by atoms with Gasteiger partial charge < -0.3 is 5.73 Å². The minimum Gasteiger partial charge on any atom is -0.329 e. The molecular weight excluding hydrogens is 324 g/mol. The zero-order valence-corrected chi connectivity index (χ0v) is 14.2. The highest BCUT2D eigenvalue weighted by Crippen LogP contribution is 2.35. The van der Waals surface area contributed by atoms with E-state index < -0.39 is 0 Å². The molecule has 0 spiro atoms. The molecule has 1 fully saturated rings. The van der Waals surface area contributed by atoms with E-state index in [1.807, 2.05) is 12.1 Å². The van der Waals surface area contributed by atoms with E-state index in [1.165, 1.54) is 18.9 Å². The second-order valence-corrected chi connectivity index (χ2v) is 5.70. The van der Waals surface area contributed by atoms with E-state index in [0.717, 1.165) is 16.5 Å². The maximum Gasteiger partial charge on any atom is 0.124 e. The summed E-state index contributed by atoms with van der Waals surface area (Å²) >= 11 is 0. The van der Waals surface area contributed by atoms with Gasteiger partial charge in [0.15, 0.2) is 0 Å². The van der Waals surface area contributed by atoms with Gasteiger partial charge in [-0.2, -0.15) is 0 Å². The van der Waals surface area contributed by atoms with Gasteiger partial charge in [0.2, 0.25) is 0 Å². The third kappa shape index (κ3) is 4.07. The molecule has 0 radical (unpaired) electrons. The number of rotatable bonds is 5. The fraction of sp³-hybridized carbons (Fsp3) is 0.438. The highest BCUT2D eigenvalue weighted by atomic mass is 35.5. The third-order valence-electron chi connectivity index (χ3n) is 4.14. The Kier molecular flexibility index (Phi) is 7.00. The molecule has 1 aromatic heterocycles. The largest absolute Gasteiger partial charge is 0.329 e. The van der Waals surface area contributed by atoms with Crippen LogP contribution in [-0.2, 0) is 6.54 Å². The highest BCUT2D eigenvalue weighted by Gasteiger charge is 2.32. The lowest BCUT2D eigenvalue weighted by molar-refractivity contribution is 0.216. The first kappa shape index (κ1) is 19.1. The van der Waals surface area contributed by atoms with Crippen LogP contribution in [0.1, 0.15) is 18.4 Å². The summed E-state index contributed by atoms with van der Waals surface area (Å²) in [5.41, 5.74) is 7.69. The Hall–Kier alpha value is -0.940. The number of halogens is 3. The number of likely N-dealkylation sites (N-methyl/N-ethyl adjacent to an activating group) is 1. The summed E-state index contributed by atoms with van der Waals surface area (Å²) in [6, 6.07) is 7.25. The van der Waals surface area contributed by atoms with E-state index in [0.29, 0.717) is 25.0 Å². The minimum atomic E-state index is -0.204. The molecule has 0 amide bonds. The maximum absolute atomic E-state index is 13.7. The van der Waals surface area contributed by atoms with E-state index in [1.54, 1.807) is 12.3 Å². The predicted molar refractivity (Wildman–Crippen MR) is 93.2 cm³/mol. The zero-order valence-electron chi connectivity index (χ0n) is 12.5. The smallest absolute Gasteiger partial charge is 0.124 e. The summed E-state index contributed by atoms with van der Waals surface area (Å²) in [5, 5.41) is 0.853. The van der Waals surface area contributed by atoms with Gasteiger partial charge in [-0.05, 0) is 49.6 Å². The molecular formula is C16H22Cl2FN3. The molecule has 0 aliphatic heterocycles. The molecule has 0 saturated heterocycles. The van der Waals surface area contributed by atoms with Crippen LogP contribution in [0, 0.1) is 11.7 Å². The predicted octanol–water partition coefficient (Wildman–Crippen LogP) is 3.39. The average molecular weight is 346 g/mol. The summed E-state index contributed by atoms with van der Waals surface area (Å²) in [6.45, 7) is 1.34. The van der Waals surface area contributed by atoms with Crippen molar-refractivity contribution in [2.24, 2.45) is 11.7 Å². The molecule has 122 valence electrons. The molecule has 0 bridgehead atoms. The molecule has 1 saturated carbocycles. The molecule has 1 unspecified atom stereocenters. The quantitative estimate of drug-likeness (QED) is 0.902. The van der Waals surface area contributed by atoms with Gasteiger partial charge in [-0.1, -0.05) is 6.07 Å². The monoisotopic (exact) mass is 345 g/mol. The highest BCUT2D eigenvalue weighted by molar-refractivity contribution is 5.85. The maximum atomic E-state index is 13.7. The number of fused-ring (bicyclic) bond motifs is 1. The summed E-state index contributed by atoms with van der Waals surface area (Å²) in [4.78, 5) is 6.63. The molecule has 3 rings (SSSR count). The van der Waals surface area contributed by atoms with Gasteiger partial charge in [-0.25, -0.2) is 4.39 Å². The topological polar surface area (TPSA) is 42.2 Å².